The summed E-state index contributed by atoms with van der Waals surface area (Å²) in [7, 11) is 1.82. The number of halogens is 1. The second-order valence-corrected chi connectivity index (χ2v) is 6.47. The average Bonchev–Trinajstić information content (AvgIpc) is 3.04. The van der Waals surface area contributed by atoms with Crippen molar-refractivity contribution >= 4 is 23.2 Å². The number of hydrogen-bond acceptors (Lipinski definition) is 5. The van der Waals surface area contributed by atoms with E-state index in [-0.39, 0.29) is 11.9 Å². The van der Waals surface area contributed by atoms with Crippen LogP contribution >= 0.6 is 11.6 Å². The number of benzene rings is 1. The lowest BCUT2D eigenvalue weighted by Gasteiger charge is -2.35. The van der Waals surface area contributed by atoms with E-state index in [1.54, 1.807) is 4.68 Å². The summed E-state index contributed by atoms with van der Waals surface area (Å²) in [5.41, 5.74) is 1.94. The Morgan fingerprint density at radius 3 is 3.04 bits per heavy atom. The van der Waals surface area contributed by atoms with Gasteiger partial charge in [0.25, 0.3) is 0 Å². The van der Waals surface area contributed by atoms with E-state index in [9.17, 15) is 4.79 Å². The smallest absolute Gasteiger partial charge is 0.225 e. The van der Waals surface area contributed by atoms with E-state index in [0.717, 1.165) is 17.1 Å². The average molecular weight is 364 g/mol. The van der Waals surface area contributed by atoms with Crippen molar-refractivity contribution in [2.45, 2.75) is 19.4 Å². The van der Waals surface area contributed by atoms with Gasteiger partial charge in [0.1, 0.15) is 12.4 Å². The van der Waals surface area contributed by atoms with Crippen molar-refractivity contribution in [3.8, 4) is 0 Å². The van der Waals surface area contributed by atoms with Gasteiger partial charge in [0, 0.05) is 37.3 Å². The molecule has 1 aromatic carbocycles. The van der Waals surface area contributed by atoms with Crippen LogP contribution in [0.5, 0.6) is 0 Å². The largest absolute Gasteiger partial charge is 0.384 e. The van der Waals surface area contributed by atoms with Crippen LogP contribution < -0.4 is 5.32 Å². The van der Waals surface area contributed by atoms with Crippen LogP contribution in [0.3, 0.4) is 0 Å². The van der Waals surface area contributed by atoms with Gasteiger partial charge in [-0.25, -0.2) is 4.98 Å². The molecule has 2 aromatic rings. The maximum Gasteiger partial charge on any atom is 0.225 e. The van der Waals surface area contributed by atoms with Crippen molar-refractivity contribution < 1.29 is 9.53 Å². The van der Waals surface area contributed by atoms with E-state index in [4.69, 9.17) is 16.3 Å². The molecular formula is C17H22ClN5O2. The number of anilines is 1. The van der Waals surface area contributed by atoms with Crippen LogP contribution in [0.4, 0.5) is 5.69 Å². The molecule has 134 valence electrons. The predicted molar refractivity (Wildman–Crippen MR) is 95.6 cm³/mol. The number of rotatable bonds is 5. The molecule has 25 heavy (non-hydrogen) atoms. The standard InChI is InChI=1S/C17H22ClN5O2/c1-12-3-4-13(9-14(12)18)19-6-5-16(24)23-7-8-25-10-15(23)17-20-11-21-22(17)2/h3-4,9,11,15,19H,5-8,10H2,1-2H3/t15-/m0/s1. The van der Waals surface area contributed by atoms with Gasteiger partial charge >= 0.3 is 0 Å². The molecular weight excluding hydrogens is 342 g/mol. The number of morpholine rings is 1. The van der Waals surface area contributed by atoms with Crippen molar-refractivity contribution in [2.75, 3.05) is 31.6 Å². The van der Waals surface area contributed by atoms with Gasteiger partial charge in [0.05, 0.1) is 13.2 Å². The monoisotopic (exact) mass is 363 g/mol. The fourth-order valence-corrected chi connectivity index (χ4v) is 3.06. The Balaban J connectivity index is 1.59. The minimum absolute atomic E-state index is 0.0713. The van der Waals surface area contributed by atoms with E-state index >= 15 is 0 Å². The highest BCUT2D eigenvalue weighted by Crippen LogP contribution is 2.23. The van der Waals surface area contributed by atoms with Crippen LogP contribution in [0.2, 0.25) is 5.02 Å². The second-order valence-electron chi connectivity index (χ2n) is 6.06. The molecule has 0 radical (unpaired) electrons. The molecule has 3 rings (SSSR count). The minimum atomic E-state index is -0.192. The molecule has 1 atom stereocenters. The van der Waals surface area contributed by atoms with Crippen molar-refractivity contribution in [1.82, 2.24) is 19.7 Å². The number of carbonyl (C=O) groups excluding carboxylic acids is 1. The molecule has 7 nitrogen and oxygen atoms in total. The lowest BCUT2D eigenvalue weighted by molar-refractivity contribution is -0.140. The van der Waals surface area contributed by atoms with Gasteiger partial charge in [-0.05, 0) is 24.6 Å². The van der Waals surface area contributed by atoms with Gasteiger partial charge in [-0.15, -0.1) is 0 Å². The van der Waals surface area contributed by atoms with Crippen LogP contribution in [-0.2, 0) is 16.6 Å². The summed E-state index contributed by atoms with van der Waals surface area (Å²) < 4.78 is 7.22. The third kappa shape index (κ3) is 4.11. The zero-order valence-electron chi connectivity index (χ0n) is 14.4. The first-order valence-electron chi connectivity index (χ1n) is 8.27. The first-order valence-corrected chi connectivity index (χ1v) is 8.65. The lowest BCUT2D eigenvalue weighted by Crippen LogP contribution is -2.44. The van der Waals surface area contributed by atoms with E-state index in [1.807, 2.05) is 37.1 Å². The molecule has 1 aliphatic rings. The van der Waals surface area contributed by atoms with Crippen LogP contribution in [0.25, 0.3) is 0 Å². The Labute approximate surface area is 151 Å². The van der Waals surface area contributed by atoms with E-state index in [1.165, 1.54) is 6.33 Å². The summed E-state index contributed by atoms with van der Waals surface area (Å²) in [6.45, 7) is 4.05. The maximum absolute atomic E-state index is 12.7. The molecule has 1 saturated heterocycles. The lowest BCUT2D eigenvalue weighted by atomic mass is 10.2. The van der Waals surface area contributed by atoms with Gasteiger partial charge in [-0.2, -0.15) is 5.10 Å². The van der Waals surface area contributed by atoms with E-state index < -0.39 is 0 Å². The van der Waals surface area contributed by atoms with Crippen molar-refractivity contribution in [2.24, 2.45) is 7.05 Å². The molecule has 1 aliphatic heterocycles. The third-order valence-electron chi connectivity index (χ3n) is 4.33. The minimum Gasteiger partial charge on any atom is -0.384 e. The van der Waals surface area contributed by atoms with Crippen LogP contribution in [-0.4, -0.2) is 51.9 Å². The van der Waals surface area contributed by atoms with E-state index in [0.29, 0.717) is 37.7 Å². The van der Waals surface area contributed by atoms with Gasteiger partial charge in [0.2, 0.25) is 5.91 Å². The Kier molecular flexibility index (Phi) is 5.55. The summed E-state index contributed by atoms with van der Waals surface area (Å²) in [6.07, 6.45) is 1.88. The Morgan fingerprint density at radius 1 is 1.48 bits per heavy atom. The molecule has 0 aliphatic carbocycles. The fraction of sp³-hybridized carbons (Fsp3) is 0.471. The molecule has 1 fully saturated rings. The van der Waals surface area contributed by atoms with Crippen molar-refractivity contribution in [3.05, 3.63) is 40.9 Å². The summed E-state index contributed by atoms with van der Waals surface area (Å²) >= 11 is 6.12. The highest BCUT2D eigenvalue weighted by molar-refractivity contribution is 6.31. The Hall–Kier alpha value is -2.12. The fourth-order valence-electron chi connectivity index (χ4n) is 2.88. The molecule has 1 N–H and O–H groups in total. The molecule has 0 spiro atoms. The third-order valence-corrected chi connectivity index (χ3v) is 4.74. The summed E-state index contributed by atoms with van der Waals surface area (Å²) in [6, 6.07) is 5.60. The summed E-state index contributed by atoms with van der Waals surface area (Å²) in [4.78, 5) is 18.8. The molecule has 0 unspecified atom stereocenters. The number of aryl methyl sites for hydroxylation is 2. The number of carbonyl (C=O) groups is 1. The number of hydrogen-bond donors (Lipinski definition) is 1. The molecule has 0 bridgehead atoms. The first-order chi connectivity index (χ1) is 12.1. The number of ether oxygens (including phenoxy) is 1. The van der Waals surface area contributed by atoms with E-state index in [2.05, 4.69) is 15.4 Å². The van der Waals surface area contributed by atoms with Gasteiger partial charge < -0.3 is 15.0 Å². The van der Waals surface area contributed by atoms with Gasteiger partial charge in [-0.3, -0.25) is 9.48 Å². The normalized spacial score (nSPS) is 17.6. The van der Waals surface area contributed by atoms with Gasteiger partial charge in [-0.1, -0.05) is 17.7 Å². The SMILES string of the molecule is Cc1ccc(NCCC(=O)N2CCOC[C@H]2c2ncnn2C)cc1Cl. The number of amides is 1. The highest BCUT2D eigenvalue weighted by atomic mass is 35.5. The summed E-state index contributed by atoms with van der Waals surface area (Å²) in [5.74, 6) is 0.813. The highest BCUT2D eigenvalue weighted by Gasteiger charge is 2.31. The zero-order valence-corrected chi connectivity index (χ0v) is 15.2. The quantitative estimate of drug-likeness (QED) is 0.881. The van der Waals surface area contributed by atoms with Crippen LogP contribution in [0.15, 0.2) is 24.5 Å². The maximum atomic E-state index is 12.7. The predicted octanol–water partition coefficient (Wildman–Crippen LogP) is 2.18. The van der Waals surface area contributed by atoms with Crippen LogP contribution in [0, 0.1) is 6.92 Å². The van der Waals surface area contributed by atoms with Crippen molar-refractivity contribution in [1.29, 1.82) is 0 Å². The zero-order chi connectivity index (χ0) is 17.8. The molecule has 2 heterocycles. The number of aromatic nitrogens is 3. The Bertz CT molecular complexity index is 748. The molecule has 1 aromatic heterocycles. The Morgan fingerprint density at radius 2 is 2.32 bits per heavy atom. The first kappa shape index (κ1) is 17.7. The topological polar surface area (TPSA) is 72.3 Å². The van der Waals surface area contributed by atoms with Crippen molar-refractivity contribution in [3.63, 3.8) is 0 Å². The van der Waals surface area contributed by atoms with Crippen LogP contribution in [0.1, 0.15) is 23.9 Å². The molecule has 1 amide bonds. The van der Waals surface area contributed by atoms with Gasteiger partial charge in [0.15, 0.2) is 5.82 Å². The number of nitrogens with one attached hydrogen (secondary N) is 1. The molecule has 8 heteroatoms. The summed E-state index contributed by atoms with van der Waals surface area (Å²) in [5, 5.41) is 8.05. The second kappa shape index (κ2) is 7.84. The molecule has 0 saturated carbocycles. The number of nitrogens with zero attached hydrogens (tertiary/aromatic N) is 4.